The predicted octanol–water partition coefficient (Wildman–Crippen LogP) is 2.01. The first-order chi connectivity index (χ1) is 10.2. The molecule has 2 aromatic rings. The zero-order valence-electron chi connectivity index (χ0n) is 11.8. The second-order valence-corrected chi connectivity index (χ2v) is 6.59. The molecule has 112 valence electrons. The van der Waals surface area contributed by atoms with Gasteiger partial charge >= 0.3 is 0 Å². The Morgan fingerprint density at radius 1 is 1.43 bits per heavy atom. The largest absolute Gasteiger partial charge is 0.368 e. The molecule has 1 aromatic heterocycles. The highest BCUT2D eigenvalue weighted by molar-refractivity contribution is 8.00. The third kappa shape index (κ3) is 3.81. The van der Waals surface area contributed by atoms with Gasteiger partial charge in [-0.2, -0.15) is 4.37 Å². The Kier molecular flexibility index (Phi) is 5.72. The number of nitrogens with one attached hydrogen (secondary N) is 1. The lowest BCUT2D eigenvalue weighted by Gasteiger charge is -2.32. The second kappa shape index (κ2) is 7.53. The molecule has 1 aromatic carbocycles. The van der Waals surface area contributed by atoms with Crippen molar-refractivity contribution in [3.8, 4) is 0 Å². The van der Waals surface area contributed by atoms with Gasteiger partial charge in [0.2, 0.25) is 5.91 Å². The molecular formula is C14H18N4OS2. The van der Waals surface area contributed by atoms with E-state index in [1.807, 2.05) is 37.3 Å². The van der Waals surface area contributed by atoms with E-state index in [-0.39, 0.29) is 5.91 Å². The lowest BCUT2D eigenvalue weighted by molar-refractivity contribution is -0.124. The number of thioether (sulfide) groups is 1. The van der Waals surface area contributed by atoms with Gasteiger partial charge in [-0.15, -0.1) is 0 Å². The highest BCUT2D eigenvalue weighted by Gasteiger charge is 2.37. The van der Waals surface area contributed by atoms with E-state index < -0.39 is 5.54 Å². The van der Waals surface area contributed by atoms with E-state index in [2.05, 4.69) is 14.7 Å². The number of hydrogen-bond donors (Lipinski definition) is 2. The molecule has 3 N–H and O–H groups in total. The van der Waals surface area contributed by atoms with Crippen LogP contribution in [0.25, 0.3) is 0 Å². The average molecular weight is 322 g/mol. The number of nitrogens with zero attached hydrogens (tertiary/aromatic N) is 2. The molecule has 5 nitrogen and oxygen atoms in total. The van der Waals surface area contributed by atoms with E-state index in [0.29, 0.717) is 13.0 Å². The van der Waals surface area contributed by atoms with E-state index in [4.69, 9.17) is 5.73 Å². The van der Waals surface area contributed by atoms with Gasteiger partial charge in [0.05, 0.1) is 0 Å². The van der Waals surface area contributed by atoms with Crippen molar-refractivity contribution in [2.75, 3.05) is 12.3 Å². The minimum absolute atomic E-state index is 0.353. The van der Waals surface area contributed by atoms with Crippen molar-refractivity contribution in [3.05, 3.63) is 42.2 Å². The van der Waals surface area contributed by atoms with Crippen LogP contribution >= 0.6 is 23.3 Å². The molecule has 0 saturated carbocycles. The number of amides is 1. The van der Waals surface area contributed by atoms with Gasteiger partial charge in [-0.1, -0.05) is 49.0 Å². The Hall–Kier alpha value is -1.44. The molecule has 0 aliphatic carbocycles. The van der Waals surface area contributed by atoms with Crippen LogP contribution in [0, 0.1) is 0 Å². The van der Waals surface area contributed by atoms with Crippen molar-refractivity contribution in [2.45, 2.75) is 23.2 Å². The van der Waals surface area contributed by atoms with Gasteiger partial charge in [0.1, 0.15) is 11.9 Å². The van der Waals surface area contributed by atoms with Gasteiger partial charge < -0.3 is 5.73 Å². The molecule has 0 radical (unpaired) electrons. The van der Waals surface area contributed by atoms with E-state index >= 15 is 0 Å². The zero-order chi connectivity index (χ0) is 15.1. The summed E-state index contributed by atoms with van der Waals surface area (Å²) in [5.41, 5.74) is 5.77. The number of benzene rings is 1. The molecule has 0 aliphatic heterocycles. The SMILES string of the molecule is CCNC(CCSc1ncns1)(C(N)=O)c1ccccc1. The van der Waals surface area contributed by atoms with Crippen LogP contribution < -0.4 is 11.1 Å². The maximum Gasteiger partial charge on any atom is 0.242 e. The third-order valence-electron chi connectivity index (χ3n) is 3.21. The summed E-state index contributed by atoms with van der Waals surface area (Å²) in [5, 5.41) is 3.27. The molecular weight excluding hydrogens is 304 g/mol. The van der Waals surface area contributed by atoms with Crippen molar-refractivity contribution in [2.24, 2.45) is 5.73 Å². The maximum atomic E-state index is 12.1. The third-order valence-corrected chi connectivity index (χ3v) is 5.01. The van der Waals surface area contributed by atoms with E-state index in [9.17, 15) is 4.79 Å². The van der Waals surface area contributed by atoms with Gasteiger partial charge in [-0.3, -0.25) is 10.1 Å². The molecule has 1 unspecified atom stereocenters. The molecule has 21 heavy (non-hydrogen) atoms. The van der Waals surface area contributed by atoms with Crippen LogP contribution in [0.1, 0.15) is 18.9 Å². The fourth-order valence-electron chi connectivity index (χ4n) is 2.23. The van der Waals surface area contributed by atoms with E-state index in [1.54, 1.807) is 11.8 Å². The summed E-state index contributed by atoms with van der Waals surface area (Å²) in [6, 6.07) is 9.63. The molecule has 0 fully saturated rings. The summed E-state index contributed by atoms with van der Waals surface area (Å²) in [6.07, 6.45) is 2.14. The monoisotopic (exact) mass is 322 g/mol. The van der Waals surface area contributed by atoms with Crippen LogP contribution in [0.5, 0.6) is 0 Å². The van der Waals surface area contributed by atoms with Crippen molar-refractivity contribution < 1.29 is 4.79 Å². The number of nitrogens with two attached hydrogens (primary N) is 1. The molecule has 0 spiro atoms. The molecule has 0 bridgehead atoms. The maximum absolute atomic E-state index is 12.1. The fraction of sp³-hybridized carbons (Fsp3) is 0.357. The van der Waals surface area contributed by atoms with Gasteiger partial charge in [0.15, 0.2) is 4.34 Å². The highest BCUT2D eigenvalue weighted by Crippen LogP contribution is 2.29. The molecule has 2 rings (SSSR count). The zero-order valence-corrected chi connectivity index (χ0v) is 13.4. The van der Waals surface area contributed by atoms with Crippen LogP contribution in [-0.4, -0.2) is 27.6 Å². The normalized spacial score (nSPS) is 13.8. The van der Waals surface area contributed by atoms with Crippen LogP contribution in [0.2, 0.25) is 0 Å². The molecule has 1 atom stereocenters. The Balaban J connectivity index is 2.16. The molecule has 0 saturated heterocycles. The lowest BCUT2D eigenvalue weighted by Crippen LogP contribution is -2.53. The predicted molar refractivity (Wildman–Crippen MR) is 86.2 cm³/mol. The number of aromatic nitrogens is 2. The number of primary amides is 1. The van der Waals surface area contributed by atoms with Crippen LogP contribution in [0.15, 0.2) is 41.0 Å². The first kappa shape index (κ1) is 15.9. The van der Waals surface area contributed by atoms with Gasteiger partial charge in [-0.25, -0.2) is 4.98 Å². The van der Waals surface area contributed by atoms with Crippen LogP contribution in [-0.2, 0) is 10.3 Å². The van der Waals surface area contributed by atoms with Crippen LogP contribution in [0.3, 0.4) is 0 Å². The van der Waals surface area contributed by atoms with Crippen molar-refractivity contribution >= 4 is 29.2 Å². The molecule has 1 heterocycles. The highest BCUT2D eigenvalue weighted by atomic mass is 32.2. The minimum Gasteiger partial charge on any atom is -0.368 e. The van der Waals surface area contributed by atoms with Crippen molar-refractivity contribution in [1.29, 1.82) is 0 Å². The Morgan fingerprint density at radius 2 is 2.19 bits per heavy atom. The quantitative estimate of drug-likeness (QED) is 0.727. The fourth-order valence-corrected chi connectivity index (χ4v) is 3.80. The van der Waals surface area contributed by atoms with Crippen molar-refractivity contribution in [3.63, 3.8) is 0 Å². The summed E-state index contributed by atoms with van der Waals surface area (Å²) in [4.78, 5) is 16.3. The van der Waals surface area contributed by atoms with Gasteiger partial charge in [-0.05, 0) is 30.1 Å². The Bertz CT molecular complexity index is 562. The summed E-state index contributed by atoms with van der Waals surface area (Å²) in [6.45, 7) is 2.64. The van der Waals surface area contributed by atoms with Gasteiger partial charge in [0, 0.05) is 5.75 Å². The minimum atomic E-state index is -0.840. The smallest absolute Gasteiger partial charge is 0.242 e. The molecule has 7 heteroatoms. The first-order valence-electron chi connectivity index (χ1n) is 6.69. The lowest BCUT2D eigenvalue weighted by atomic mass is 9.86. The number of carbonyl (C=O) groups excluding carboxylic acids is 1. The number of hydrogen-bond acceptors (Lipinski definition) is 6. The Morgan fingerprint density at radius 3 is 2.76 bits per heavy atom. The van der Waals surface area contributed by atoms with E-state index in [0.717, 1.165) is 15.7 Å². The first-order valence-corrected chi connectivity index (χ1v) is 8.45. The summed E-state index contributed by atoms with van der Waals surface area (Å²) < 4.78 is 4.87. The standard InChI is InChI=1S/C14H18N4OS2/c1-2-17-14(12(15)19,11-6-4-3-5-7-11)8-9-20-13-16-10-18-21-13/h3-7,10,17H,2,8-9H2,1H3,(H2,15,19). The molecule has 0 aliphatic rings. The van der Waals surface area contributed by atoms with Gasteiger partial charge in [0.25, 0.3) is 0 Å². The summed E-state index contributed by atoms with van der Waals surface area (Å²) in [7, 11) is 0. The van der Waals surface area contributed by atoms with Crippen LogP contribution in [0.4, 0.5) is 0 Å². The Labute approximate surface area is 132 Å². The number of rotatable bonds is 8. The molecule has 1 amide bonds. The second-order valence-electron chi connectivity index (χ2n) is 4.47. The van der Waals surface area contributed by atoms with Crippen molar-refractivity contribution in [1.82, 2.24) is 14.7 Å². The number of likely N-dealkylation sites (N-methyl/N-ethyl adjacent to an activating group) is 1. The summed E-state index contributed by atoms with van der Waals surface area (Å²) in [5.74, 6) is 0.383. The summed E-state index contributed by atoms with van der Waals surface area (Å²) >= 11 is 2.95. The average Bonchev–Trinajstić information content (AvgIpc) is 3.00. The van der Waals surface area contributed by atoms with E-state index in [1.165, 1.54) is 17.9 Å². The topological polar surface area (TPSA) is 80.9 Å². The number of carbonyl (C=O) groups is 1.